The van der Waals surface area contributed by atoms with Crippen LogP contribution in [-0.4, -0.2) is 39.3 Å². The molecule has 5 rings (SSSR count). The van der Waals surface area contributed by atoms with Gasteiger partial charge in [0, 0.05) is 17.9 Å². The molecule has 0 saturated carbocycles. The second-order valence-electron chi connectivity index (χ2n) is 9.17. The minimum atomic E-state index is -4.62. The minimum Gasteiger partial charge on any atom is -0.379 e. The third kappa shape index (κ3) is 6.50. The molecule has 39 heavy (non-hydrogen) atoms. The standard InChI is InChI=1S/C28H27F3N6O2/c1-17-12-19(13-23(34-17)28(29,30)31)24-25(18-6-3-2-4-7-18)36-27(32)37-26(24)33-14-20-8-5-9-21(35-20)15-39-22-10-11-38-16-22/h2-9,12-13,22H,10-11,14-16H2,1H3,(H3,32,33,36,37). The van der Waals surface area contributed by atoms with Crippen LogP contribution in [0.2, 0.25) is 0 Å². The Morgan fingerprint density at radius 3 is 2.51 bits per heavy atom. The molecule has 8 nitrogen and oxygen atoms in total. The summed E-state index contributed by atoms with van der Waals surface area (Å²) in [4.78, 5) is 17.1. The van der Waals surface area contributed by atoms with Gasteiger partial charge in [-0.15, -0.1) is 0 Å². The molecule has 0 radical (unpaired) electrons. The first-order chi connectivity index (χ1) is 18.8. The number of nitrogens with zero attached hydrogens (tertiary/aromatic N) is 4. The highest BCUT2D eigenvalue weighted by atomic mass is 19.4. The number of nitrogens with one attached hydrogen (secondary N) is 1. The molecule has 3 N–H and O–H groups in total. The molecule has 1 aliphatic rings. The van der Waals surface area contributed by atoms with Gasteiger partial charge in [-0.1, -0.05) is 36.4 Å². The third-order valence-electron chi connectivity index (χ3n) is 6.16. The number of aryl methyl sites for hydroxylation is 1. The second kappa shape index (κ2) is 11.3. The van der Waals surface area contributed by atoms with E-state index in [0.717, 1.165) is 18.2 Å². The maximum atomic E-state index is 13.7. The van der Waals surface area contributed by atoms with E-state index in [2.05, 4.69) is 25.3 Å². The van der Waals surface area contributed by atoms with Gasteiger partial charge in [0.05, 0.1) is 48.5 Å². The fourth-order valence-corrected chi connectivity index (χ4v) is 4.37. The van der Waals surface area contributed by atoms with E-state index in [1.165, 1.54) is 6.92 Å². The first-order valence-corrected chi connectivity index (χ1v) is 12.4. The van der Waals surface area contributed by atoms with Crippen LogP contribution in [0, 0.1) is 6.92 Å². The van der Waals surface area contributed by atoms with E-state index in [1.54, 1.807) is 6.07 Å². The monoisotopic (exact) mass is 536 g/mol. The van der Waals surface area contributed by atoms with Crippen molar-refractivity contribution in [3.05, 3.63) is 83.4 Å². The van der Waals surface area contributed by atoms with Crippen molar-refractivity contribution in [3.8, 4) is 22.4 Å². The van der Waals surface area contributed by atoms with E-state index in [4.69, 9.17) is 15.2 Å². The molecule has 0 amide bonds. The predicted molar refractivity (Wildman–Crippen MR) is 140 cm³/mol. The number of hydrogen-bond donors (Lipinski definition) is 2. The molecule has 202 valence electrons. The summed E-state index contributed by atoms with van der Waals surface area (Å²) in [7, 11) is 0. The van der Waals surface area contributed by atoms with Crippen molar-refractivity contribution in [1.29, 1.82) is 0 Å². The number of rotatable bonds is 8. The van der Waals surface area contributed by atoms with Crippen LogP contribution in [0.1, 0.15) is 29.2 Å². The topological polar surface area (TPSA) is 108 Å². The highest BCUT2D eigenvalue weighted by Crippen LogP contribution is 2.39. The van der Waals surface area contributed by atoms with Gasteiger partial charge in [-0.05, 0) is 43.2 Å². The number of ether oxygens (including phenoxy) is 2. The first-order valence-electron chi connectivity index (χ1n) is 12.4. The minimum absolute atomic E-state index is 0.0178. The van der Waals surface area contributed by atoms with Crippen molar-refractivity contribution in [3.63, 3.8) is 0 Å². The molecule has 0 spiro atoms. The van der Waals surface area contributed by atoms with Gasteiger partial charge in [0.15, 0.2) is 0 Å². The molecule has 4 aromatic rings. The van der Waals surface area contributed by atoms with Gasteiger partial charge in [0.25, 0.3) is 0 Å². The fourth-order valence-electron chi connectivity index (χ4n) is 4.37. The number of pyridine rings is 2. The number of hydrogen-bond acceptors (Lipinski definition) is 8. The molecule has 4 heterocycles. The van der Waals surface area contributed by atoms with Crippen LogP contribution >= 0.6 is 0 Å². The van der Waals surface area contributed by atoms with Crippen LogP contribution in [0.3, 0.4) is 0 Å². The normalized spacial score (nSPS) is 15.4. The van der Waals surface area contributed by atoms with Gasteiger partial charge >= 0.3 is 6.18 Å². The molecule has 1 aliphatic heterocycles. The summed E-state index contributed by atoms with van der Waals surface area (Å²) in [6.45, 7) is 3.38. The average molecular weight is 537 g/mol. The SMILES string of the molecule is Cc1cc(-c2c(NCc3cccc(COC4CCOC4)n3)nc(N)nc2-c2ccccc2)cc(C(F)(F)F)n1. The van der Waals surface area contributed by atoms with E-state index in [0.29, 0.717) is 42.3 Å². The van der Waals surface area contributed by atoms with Crippen LogP contribution < -0.4 is 11.1 Å². The summed E-state index contributed by atoms with van der Waals surface area (Å²) in [6, 6.07) is 17.3. The largest absolute Gasteiger partial charge is 0.433 e. The van der Waals surface area contributed by atoms with Crippen molar-refractivity contribution in [2.45, 2.75) is 38.8 Å². The van der Waals surface area contributed by atoms with E-state index >= 15 is 0 Å². The number of halogens is 3. The summed E-state index contributed by atoms with van der Waals surface area (Å²) >= 11 is 0. The van der Waals surface area contributed by atoms with Crippen LogP contribution in [0.15, 0.2) is 60.7 Å². The Bertz CT molecular complexity index is 1440. The summed E-state index contributed by atoms with van der Waals surface area (Å²) < 4.78 is 52.2. The zero-order chi connectivity index (χ0) is 27.4. The number of aromatic nitrogens is 4. The van der Waals surface area contributed by atoms with Crippen LogP contribution in [0.25, 0.3) is 22.4 Å². The molecule has 1 saturated heterocycles. The Labute approximate surface area is 223 Å². The van der Waals surface area contributed by atoms with Gasteiger partial charge in [0.2, 0.25) is 5.95 Å². The third-order valence-corrected chi connectivity index (χ3v) is 6.16. The summed E-state index contributed by atoms with van der Waals surface area (Å²) in [5.41, 5.74) is 8.47. The van der Waals surface area contributed by atoms with Crippen molar-refractivity contribution in [1.82, 2.24) is 19.9 Å². The molecule has 1 unspecified atom stereocenters. The van der Waals surface area contributed by atoms with Crippen molar-refractivity contribution in [2.75, 3.05) is 24.3 Å². The molecular weight excluding hydrogens is 509 g/mol. The van der Waals surface area contributed by atoms with Gasteiger partial charge in [0.1, 0.15) is 11.5 Å². The zero-order valence-corrected chi connectivity index (χ0v) is 21.2. The quantitative estimate of drug-likeness (QED) is 0.307. The summed E-state index contributed by atoms with van der Waals surface area (Å²) in [6.07, 6.45) is -3.71. The molecule has 1 aromatic carbocycles. The molecule has 1 atom stereocenters. The van der Waals surface area contributed by atoms with Gasteiger partial charge in [-0.25, -0.2) is 9.97 Å². The number of nitrogens with two attached hydrogens (primary N) is 1. The van der Waals surface area contributed by atoms with Gasteiger partial charge in [-0.2, -0.15) is 18.2 Å². The Balaban J connectivity index is 1.50. The van der Waals surface area contributed by atoms with Crippen molar-refractivity contribution >= 4 is 11.8 Å². The number of alkyl halides is 3. The summed E-state index contributed by atoms with van der Waals surface area (Å²) in [5.74, 6) is 0.266. The number of benzene rings is 1. The van der Waals surface area contributed by atoms with Crippen molar-refractivity contribution in [2.24, 2.45) is 0 Å². The number of anilines is 2. The summed E-state index contributed by atoms with van der Waals surface area (Å²) in [5, 5.41) is 3.23. The average Bonchev–Trinajstić information content (AvgIpc) is 3.44. The zero-order valence-electron chi connectivity index (χ0n) is 21.2. The lowest BCUT2D eigenvalue weighted by Gasteiger charge is -2.18. The first kappa shape index (κ1) is 26.5. The van der Waals surface area contributed by atoms with Gasteiger partial charge in [-0.3, -0.25) is 4.98 Å². The maximum Gasteiger partial charge on any atom is 0.433 e. The predicted octanol–water partition coefficient (Wildman–Crippen LogP) is 5.43. The van der Waals surface area contributed by atoms with Gasteiger partial charge < -0.3 is 20.5 Å². The van der Waals surface area contributed by atoms with E-state index in [1.807, 2.05) is 48.5 Å². The lowest BCUT2D eigenvalue weighted by molar-refractivity contribution is -0.141. The maximum absolute atomic E-state index is 13.7. The highest BCUT2D eigenvalue weighted by molar-refractivity contribution is 5.89. The highest BCUT2D eigenvalue weighted by Gasteiger charge is 2.33. The molecule has 0 aliphatic carbocycles. The lowest BCUT2D eigenvalue weighted by Crippen LogP contribution is -2.13. The lowest BCUT2D eigenvalue weighted by atomic mass is 9.98. The Morgan fingerprint density at radius 2 is 1.77 bits per heavy atom. The molecular formula is C28H27F3N6O2. The van der Waals surface area contributed by atoms with E-state index < -0.39 is 11.9 Å². The Kier molecular flexibility index (Phi) is 7.71. The van der Waals surface area contributed by atoms with E-state index in [9.17, 15) is 13.2 Å². The Hall–Kier alpha value is -4.09. The van der Waals surface area contributed by atoms with Crippen LogP contribution in [0.4, 0.5) is 24.9 Å². The number of nitrogen functional groups attached to an aromatic ring is 1. The van der Waals surface area contributed by atoms with E-state index in [-0.39, 0.29) is 35.7 Å². The molecule has 3 aromatic heterocycles. The van der Waals surface area contributed by atoms with Crippen LogP contribution in [0.5, 0.6) is 0 Å². The van der Waals surface area contributed by atoms with Crippen molar-refractivity contribution < 1.29 is 22.6 Å². The molecule has 1 fully saturated rings. The molecule has 0 bridgehead atoms. The smallest absolute Gasteiger partial charge is 0.379 e. The van der Waals surface area contributed by atoms with Crippen LogP contribution in [-0.2, 0) is 28.8 Å². The molecule has 11 heteroatoms. The second-order valence-corrected chi connectivity index (χ2v) is 9.17. The Morgan fingerprint density at radius 1 is 0.974 bits per heavy atom. The fraction of sp³-hybridized carbons (Fsp3) is 0.286.